The first-order valence-corrected chi connectivity index (χ1v) is 9.51. The molecule has 0 saturated carbocycles. The molecule has 0 atom stereocenters. The molecule has 0 bridgehead atoms. The number of nitrogens with one attached hydrogen (secondary N) is 1. The molecule has 2 aromatic rings. The highest BCUT2D eigenvalue weighted by Gasteiger charge is 2.34. The summed E-state index contributed by atoms with van der Waals surface area (Å²) < 4.78 is 10.4. The fraction of sp³-hybridized carbons (Fsp3) is 0.200. The molecule has 1 fully saturated rings. The van der Waals surface area contributed by atoms with Crippen LogP contribution in [-0.4, -0.2) is 54.2 Å². The monoisotopic (exact) mass is 413 g/mol. The van der Waals surface area contributed by atoms with Crippen LogP contribution in [0.3, 0.4) is 0 Å². The number of amides is 3. The van der Waals surface area contributed by atoms with E-state index in [-0.39, 0.29) is 29.9 Å². The third-order valence-corrected chi connectivity index (χ3v) is 5.00. The van der Waals surface area contributed by atoms with Gasteiger partial charge < -0.3 is 14.8 Å². The van der Waals surface area contributed by atoms with E-state index in [9.17, 15) is 14.4 Å². The molecule has 2 heterocycles. The molecule has 0 aliphatic carbocycles. The number of thioether (sulfide) groups is 1. The highest BCUT2D eigenvalue weighted by Crippen LogP contribution is 2.34. The maximum Gasteiger partial charge on any atom is 0.293 e. The van der Waals surface area contributed by atoms with Crippen LogP contribution >= 0.6 is 11.8 Å². The van der Waals surface area contributed by atoms with E-state index in [1.165, 1.54) is 20.4 Å². The van der Waals surface area contributed by atoms with Crippen molar-refractivity contribution in [1.29, 1.82) is 0 Å². The van der Waals surface area contributed by atoms with E-state index in [0.29, 0.717) is 22.0 Å². The number of ether oxygens (including phenoxy) is 2. The molecule has 1 saturated heterocycles. The first-order chi connectivity index (χ1) is 14.0. The molecule has 1 N–H and O–H groups in total. The molecule has 0 radical (unpaired) electrons. The number of pyridine rings is 1. The van der Waals surface area contributed by atoms with Crippen molar-refractivity contribution in [3.8, 4) is 11.5 Å². The van der Waals surface area contributed by atoms with Crippen LogP contribution in [0, 0.1) is 0 Å². The van der Waals surface area contributed by atoms with E-state index >= 15 is 0 Å². The van der Waals surface area contributed by atoms with Crippen molar-refractivity contribution in [2.24, 2.45) is 0 Å². The first kappa shape index (κ1) is 20.4. The number of carbonyl (C=O) groups excluding carboxylic acids is 3. The summed E-state index contributed by atoms with van der Waals surface area (Å²) >= 11 is 0.857. The van der Waals surface area contributed by atoms with Gasteiger partial charge in [-0.25, -0.2) is 0 Å². The molecule has 8 nitrogen and oxygen atoms in total. The van der Waals surface area contributed by atoms with Crippen molar-refractivity contribution >= 4 is 34.9 Å². The zero-order chi connectivity index (χ0) is 20.8. The molecule has 3 amide bonds. The lowest BCUT2D eigenvalue weighted by atomic mass is 10.2. The van der Waals surface area contributed by atoms with Gasteiger partial charge in [-0.05, 0) is 47.7 Å². The van der Waals surface area contributed by atoms with E-state index in [1.807, 2.05) is 0 Å². The van der Waals surface area contributed by atoms with Crippen LogP contribution in [0.5, 0.6) is 11.5 Å². The van der Waals surface area contributed by atoms with E-state index < -0.39 is 5.91 Å². The summed E-state index contributed by atoms with van der Waals surface area (Å²) in [5.74, 6) is 0.333. The summed E-state index contributed by atoms with van der Waals surface area (Å²) in [7, 11) is 3.06. The van der Waals surface area contributed by atoms with Crippen LogP contribution in [0.4, 0.5) is 4.79 Å². The summed E-state index contributed by atoms with van der Waals surface area (Å²) in [6.45, 7) is 0.212. The number of carbonyl (C=O) groups is 3. The Hall–Kier alpha value is -3.33. The number of rotatable bonds is 7. The summed E-state index contributed by atoms with van der Waals surface area (Å²) in [5, 5.41) is 2.27. The quantitative estimate of drug-likeness (QED) is 0.697. The molecule has 1 aliphatic heterocycles. The van der Waals surface area contributed by atoms with Crippen LogP contribution in [-0.2, 0) is 4.79 Å². The van der Waals surface area contributed by atoms with Crippen molar-refractivity contribution in [3.05, 3.63) is 58.8 Å². The Labute approximate surface area is 171 Å². The Morgan fingerprint density at radius 2 is 1.97 bits per heavy atom. The van der Waals surface area contributed by atoms with Gasteiger partial charge >= 0.3 is 0 Å². The number of hydrogen-bond acceptors (Lipinski definition) is 7. The highest BCUT2D eigenvalue weighted by atomic mass is 32.2. The van der Waals surface area contributed by atoms with Crippen LogP contribution in [0.25, 0.3) is 6.08 Å². The van der Waals surface area contributed by atoms with Crippen molar-refractivity contribution in [3.63, 3.8) is 0 Å². The lowest BCUT2D eigenvalue weighted by Crippen LogP contribution is -2.37. The van der Waals surface area contributed by atoms with E-state index in [2.05, 4.69) is 10.3 Å². The van der Waals surface area contributed by atoms with Gasteiger partial charge in [0.25, 0.3) is 17.1 Å². The van der Waals surface area contributed by atoms with Gasteiger partial charge in [-0.15, -0.1) is 0 Å². The zero-order valence-electron chi connectivity index (χ0n) is 15.9. The number of hydrogen-bond donors (Lipinski definition) is 1. The Balaban J connectivity index is 1.63. The Kier molecular flexibility index (Phi) is 6.50. The average Bonchev–Trinajstić information content (AvgIpc) is 3.01. The summed E-state index contributed by atoms with van der Waals surface area (Å²) in [5.41, 5.74) is 0.978. The minimum atomic E-state index is -0.401. The second-order valence-corrected chi connectivity index (χ2v) is 6.91. The van der Waals surface area contributed by atoms with Gasteiger partial charge in [0.1, 0.15) is 5.69 Å². The van der Waals surface area contributed by atoms with Crippen molar-refractivity contribution in [2.75, 3.05) is 27.3 Å². The molecule has 0 unspecified atom stereocenters. The normalized spacial score (nSPS) is 15.0. The smallest absolute Gasteiger partial charge is 0.293 e. The standard InChI is InChI=1S/C20H19N3O5S/c1-27-15-7-6-13(11-16(15)28-2)12-17-19(25)23(20(26)29-17)10-9-22-18(24)14-5-3-4-8-21-14/h3-8,11-12H,9-10H2,1-2H3,(H,22,24)/b17-12+. The third kappa shape index (κ3) is 4.75. The van der Waals surface area contributed by atoms with Crippen LogP contribution in [0.1, 0.15) is 16.1 Å². The molecule has 1 aliphatic rings. The van der Waals surface area contributed by atoms with Gasteiger partial charge in [0, 0.05) is 19.3 Å². The average molecular weight is 413 g/mol. The van der Waals surface area contributed by atoms with E-state index in [1.54, 1.807) is 42.5 Å². The summed E-state index contributed by atoms with van der Waals surface area (Å²) in [6.07, 6.45) is 3.14. The largest absolute Gasteiger partial charge is 0.493 e. The maximum absolute atomic E-state index is 12.6. The molecule has 29 heavy (non-hydrogen) atoms. The van der Waals surface area contributed by atoms with E-state index in [4.69, 9.17) is 9.47 Å². The SMILES string of the molecule is COc1ccc(/C=C2/SC(=O)N(CCNC(=O)c3ccccn3)C2=O)cc1OC. The fourth-order valence-electron chi connectivity index (χ4n) is 2.66. The number of aromatic nitrogens is 1. The fourth-order valence-corrected chi connectivity index (χ4v) is 3.52. The number of imide groups is 1. The van der Waals surface area contributed by atoms with Crippen molar-refractivity contribution in [1.82, 2.24) is 15.2 Å². The molecule has 3 rings (SSSR count). The second-order valence-electron chi connectivity index (χ2n) is 5.92. The molecular formula is C20H19N3O5S. The predicted octanol–water partition coefficient (Wildman–Crippen LogP) is 2.57. The van der Waals surface area contributed by atoms with Gasteiger partial charge in [0.05, 0.1) is 19.1 Å². The molecule has 1 aromatic carbocycles. The van der Waals surface area contributed by atoms with Crippen LogP contribution in [0.2, 0.25) is 0 Å². The Morgan fingerprint density at radius 3 is 2.66 bits per heavy atom. The Morgan fingerprint density at radius 1 is 1.17 bits per heavy atom. The molecule has 1 aromatic heterocycles. The van der Waals surface area contributed by atoms with E-state index in [0.717, 1.165) is 16.7 Å². The lowest BCUT2D eigenvalue weighted by molar-refractivity contribution is -0.122. The minimum Gasteiger partial charge on any atom is -0.493 e. The Bertz CT molecular complexity index is 962. The number of nitrogens with zero attached hydrogens (tertiary/aromatic N) is 2. The number of benzene rings is 1. The van der Waals surface area contributed by atoms with Crippen molar-refractivity contribution in [2.45, 2.75) is 0 Å². The van der Waals surface area contributed by atoms with Gasteiger partial charge in [0.15, 0.2) is 11.5 Å². The molecule has 0 spiro atoms. The third-order valence-electron chi connectivity index (χ3n) is 4.10. The molecule has 150 valence electrons. The predicted molar refractivity (Wildman–Crippen MR) is 109 cm³/mol. The van der Waals surface area contributed by atoms with Crippen molar-refractivity contribution < 1.29 is 23.9 Å². The van der Waals surface area contributed by atoms with Gasteiger partial charge in [-0.3, -0.25) is 24.3 Å². The lowest BCUT2D eigenvalue weighted by Gasteiger charge is -2.12. The minimum absolute atomic E-state index is 0.0759. The summed E-state index contributed by atoms with van der Waals surface area (Å²) in [6, 6.07) is 10.2. The van der Waals surface area contributed by atoms with Gasteiger partial charge in [-0.2, -0.15) is 0 Å². The molecule has 9 heteroatoms. The first-order valence-electron chi connectivity index (χ1n) is 8.70. The van der Waals surface area contributed by atoms with Gasteiger partial charge in [-0.1, -0.05) is 12.1 Å². The zero-order valence-corrected chi connectivity index (χ0v) is 16.7. The summed E-state index contributed by atoms with van der Waals surface area (Å²) in [4.78, 5) is 42.2. The topological polar surface area (TPSA) is 97.8 Å². The second kappa shape index (κ2) is 9.24. The van der Waals surface area contributed by atoms with Crippen LogP contribution < -0.4 is 14.8 Å². The highest BCUT2D eigenvalue weighted by molar-refractivity contribution is 8.18. The molecular weight excluding hydrogens is 394 g/mol. The maximum atomic E-state index is 12.6. The van der Waals surface area contributed by atoms with Gasteiger partial charge in [0.2, 0.25) is 0 Å². The van der Waals surface area contributed by atoms with Crippen LogP contribution in [0.15, 0.2) is 47.5 Å². The number of methoxy groups -OCH3 is 2.